The molecule has 1 heterocycles. The molecule has 0 atom stereocenters. The van der Waals surface area contributed by atoms with Gasteiger partial charge < -0.3 is 10.1 Å². The SMILES string of the molecule is COc1cnc2c(NC(C#N)=C(C#N)C#N)cccc2c1. The zero-order valence-electron chi connectivity index (χ0n) is 11.1. The van der Waals surface area contributed by atoms with E-state index in [-0.39, 0.29) is 11.3 Å². The molecule has 1 N–H and O–H groups in total. The van der Waals surface area contributed by atoms with E-state index in [4.69, 9.17) is 20.5 Å². The van der Waals surface area contributed by atoms with Crippen LogP contribution in [0.1, 0.15) is 0 Å². The largest absolute Gasteiger partial charge is 0.495 e. The lowest BCUT2D eigenvalue weighted by atomic mass is 10.1. The first-order valence-corrected chi connectivity index (χ1v) is 5.88. The van der Waals surface area contributed by atoms with E-state index in [2.05, 4.69) is 10.3 Å². The maximum atomic E-state index is 9.06. The average molecular weight is 275 g/mol. The maximum absolute atomic E-state index is 9.06. The molecule has 6 heteroatoms. The number of anilines is 1. The Morgan fingerprint density at radius 1 is 1.19 bits per heavy atom. The molecule has 0 radical (unpaired) electrons. The van der Waals surface area contributed by atoms with Crippen molar-refractivity contribution in [1.29, 1.82) is 15.8 Å². The zero-order valence-corrected chi connectivity index (χ0v) is 11.1. The minimum Gasteiger partial charge on any atom is -0.495 e. The van der Waals surface area contributed by atoms with Crippen LogP contribution >= 0.6 is 0 Å². The van der Waals surface area contributed by atoms with E-state index in [0.29, 0.717) is 17.0 Å². The van der Waals surface area contributed by atoms with Gasteiger partial charge in [-0.15, -0.1) is 0 Å². The van der Waals surface area contributed by atoms with Gasteiger partial charge in [0.15, 0.2) is 5.57 Å². The quantitative estimate of drug-likeness (QED) is 0.862. The standard InChI is InChI=1S/C15H9N5O/c1-21-12-5-10-3-2-4-13(15(10)19-9-12)20-14(8-18)11(6-16)7-17/h2-5,9,20H,1H3. The number of hydrogen-bond donors (Lipinski definition) is 1. The number of pyridine rings is 1. The summed E-state index contributed by atoms with van der Waals surface area (Å²) in [5.74, 6) is 0.616. The fraction of sp³-hybridized carbons (Fsp3) is 0.0667. The van der Waals surface area contributed by atoms with E-state index in [1.54, 1.807) is 43.6 Å². The summed E-state index contributed by atoms with van der Waals surface area (Å²) in [6.07, 6.45) is 1.55. The van der Waals surface area contributed by atoms with Gasteiger partial charge >= 0.3 is 0 Å². The molecular formula is C15H9N5O. The van der Waals surface area contributed by atoms with Gasteiger partial charge in [-0.05, 0) is 12.1 Å². The monoisotopic (exact) mass is 275 g/mol. The number of nitrogens with zero attached hydrogens (tertiary/aromatic N) is 4. The second-order valence-corrected chi connectivity index (χ2v) is 3.96. The summed E-state index contributed by atoms with van der Waals surface area (Å²) >= 11 is 0. The van der Waals surface area contributed by atoms with Gasteiger partial charge in [-0.2, -0.15) is 15.8 Å². The van der Waals surface area contributed by atoms with Crippen molar-refractivity contribution in [1.82, 2.24) is 4.98 Å². The average Bonchev–Trinajstić information content (AvgIpc) is 2.54. The molecular weight excluding hydrogens is 266 g/mol. The molecule has 21 heavy (non-hydrogen) atoms. The molecule has 1 aromatic carbocycles. The highest BCUT2D eigenvalue weighted by molar-refractivity contribution is 5.92. The van der Waals surface area contributed by atoms with Crippen LogP contribution in [0.5, 0.6) is 5.75 Å². The second-order valence-electron chi connectivity index (χ2n) is 3.96. The molecule has 0 aliphatic rings. The molecule has 0 unspecified atom stereocenters. The van der Waals surface area contributed by atoms with Crippen LogP contribution in [0.25, 0.3) is 10.9 Å². The third-order valence-electron chi connectivity index (χ3n) is 2.77. The summed E-state index contributed by atoms with van der Waals surface area (Å²) in [6, 6.07) is 12.3. The summed E-state index contributed by atoms with van der Waals surface area (Å²) in [6.45, 7) is 0. The predicted octanol–water partition coefficient (Wildman–Crippen LogP) is 2.48. The molecule has 0 amide bonds. The smallest absolute Gasteiger partial charge is 0.163 e. The van der Waals surface area contributed by atoms with E-state index in [1.807, 2.05) is 12.1 Å². The van der Waals surface area contributed by atoms with Crippen LogP contribution in [0.2, 0.25) is 0 Å². The number of fused-ring (bicyclic) bond motifs is 1. The number of hydrogen-bond acceptors (Lipinski definition) is 6. The topological polar surface area (TPSA) is 106 Å². The van der Waals surface area contributed by atoms with Crippen LogP contribution in [-0.2, 0) is 0 Å². The van der Waals surface area contributed by atoms with Crippen molar-refractivity contribution >= 4 is 16.6 Å². The predicted molar refractivity (Wildman–Crippen MR) is 75.8 cm³/mol. The van der Waals surface area contributed by atoms with Gasteiger partial charge in [0, 0.05) is 5.39 Å². The minimum atomic E-state index is -0.275. The van der Waals surface area contributed by atoms with Gasteiger partial charge in [0.25, 0.3) is 0 Å². The maximum Gasteiger partial charge on any atom is 0.163 e. The summed E-state index contributed by atoms with van der Waals surface area (Å²) in [7, 11) is 1.55. The summed E-state index contributed by atoms with van der Waals surface area (Å²) in [4.78, 5) is 4.26. The number of allylic oxidation sites excluding steroid dienone is 2. The van der Waals surface area contributed by atoms with Crippen molar-refractivity contribution in [3.8, 4) is 24.0 Å². The summed E-state index contributed by atoms with van der Waals surface area (Å²) in [5, 5.41) is 30.3. The number of ether oxygens (including phenoxy) is 1. The summed E-state index contributed by atoms with van der Waals surface area (Å²) < 4.78 is 5.11. The first-order valence-electron chi connectivity index (χ1n) is 5.88. The number of benzene rings is 1. The number of para-hydroxylation sites is 1. The Morgan fingerprint density at radius 3 is 2.57 bits per heavy atom. The van der Waals surface area contributed by atoms with E-state index in [0.717, 1.165) is 5.39 Å². The lowest BCUT2D eigenvalue weighted by molar-refractivity contribution is 0.414. The molecule has 0 bridgehead atoms. The lowest BCUT2D eigenvalue weighted by Gasteiger charge is -2.08. The molecule has 2 aromatic rings. The number of nitrogens with one attached hydrogen (secondary N) is 1. The van der Waals surface area contributed by atoms with E-state index < -0.39 is 0 Å². The van der Waals surface area contributed by atoms with Crippen molar-refractivity contribution in [3.63, 3.8) is 0 Å². The molecule has 0 saturated heterocycles. The Balaban J connectivity index is 2.54. The van der Waals surface area contributed by atoms with Crippen LogP contribution in [0.4, 0.5) is 5.69 Å². The van der Waals surface area contributed by atoms with Gasteiger partial charge in [-0.3, -0.25) is 4.98 Å². The van der Waals surface area contributed by atoms with Crippen LogP contribution < -0.4 is 10.1 Å². The van der Waals surface area contributed by atoms with Crippen molar-refractivity contribution in [2.75, 3.05) is 12.4 Å². The molecule has 6 nitrogen and oxygen atoms in total. The van der Waals surface area contributed by atoms with Crippen LogP contribution in [-0.4, -0.2) is 12.1 Å². The third-order valence-corrected chi connectivity index (χ3v) is 2.77. The van der Waals surface area contributed by atoms with Crippen molar-refractivity contribution in [2.24, 2.45) is 0 Å². The fourth-order valence-corrected chi connectivity index (χ4v) is 1.77. The van der Waals surface area contributed by atoms with Gasteiger partial charge in [-0.25, -0.2) is 0 Å². The highest BCUT2D eigenvalue weighted by atomic mass is 16.5. The van der Waals surface area contributed by atoms with E-state index in [9.17, 15) is 0 Å². The Kier molecular flexibility index (Phi) is 4.00. The number of nitriles is 3. The molecule has 2 rings (SSSR count). The van der Waals surface area contributed by atoms with Crippen molar-refractivity contribution < 1.29 is 4.74 Å². The second kappa shape index (κ2) is 6.06. The van der Waals surface area contributed by atoms with Crippen molar-refractivity contribution in [2.45, 2.75) is 0 Å². The van der Waals surface area contributed by atoms with Crippen LogP contribution in [0.15, 0.2) is 41.7 Å². The lowest BCUT2D eigenvalue weighted by Crippen LogP contribution is -2.01. The first kappa shape index (κ1) is 13.9. The normalized spacial score (nSPS) is 9.05. The number of methoxy groups -OCH3 is 1. The zero-order chi connectivity index (χ0) is 15.2. The molecule has 1 aromatic heterocycles. The number of aromatic nitrogens is 1. The van der Waals surface area contributed by atoms with Gasteiger partial charge in [0.05, 0.1) is 24.5 Å². The van der Waals surface area contributed by atoms with Crippen LogP contribution in [0.3, 0.4) is 0 Å². The van der Waals surface area contributed by atoms with Gasteiger partial charge in [0.1, 0.15) is 29.7 Å². The molecule has 0 aliphatic carbocycles. The number of rotatable bonds is 3. The molecule has 0 aliphatic heterocycles. The van der Waals surface area contributed by atoms with E-state index >= 15 is 0 Å². The Bertz CT molecular complexity index is 833. The molecule has 0 fully saturated rings. The van der Waals surface area contributed by atoms with Crippen molar-refractivity contribution in [3.05, 3.63) is 41.7 Å². The molecule has 100 valence electrons. The minimum absolute atomic E-state index is 0.106. The highest BCUT2D eigenvalue weighted by Crippen LogP contribution is 2.25. The van der Waals surface area contributed by atoms with Crippen LogP contribution in [0, 0.1) is 34.0 Å². The molecule has 0 saturated carbocycles. The Morgan fingerprint density at radius 2 is 1.95 bits per heavy atom. The van der Waals surface area contributed by atoms with Gasteiger partial charge in [-0.1, -0.05) is 12.1 Å². The fourth-order valence-electron chi connectivity index (χ4n) is 1.77. The van der Waals surface area contributed by atoms with E-state index in [1.165, 1.54) is 0 Å². The summed E-state index contributed by atoms with van der Waals surface area (Å²) in [5.41, 5.74) is 0.768. The third kappa shape index (κ3) is 2.73. The molecule has 0 spiro atoms. The van der Waals surface area contributed by atoms with Gasteiger partial charge in [0.2, 0.25) is 0 Å². The highest BCUT2D eigenvalue weighted by Gasteiger charge is 2.09. The Hall–Kier alpha value is -3.56. The first-order chi connectivity index (χ1) is 10.2. The Labute approximate surface area is 121 Å².